The van der Waals surface area contributed by atoms with Gasteiger partial charge in [0.1, 0.15) is 5.82 Å². The van der Waals surface area contributed by atoms with E-state index in [1.165, 1.54) is 0 Å². The van der Waals surface area contributed by atoms with Crippen LogP contribution in [0, 0.1) is 6.92 Å². The van der Waals surface area contributed by atoms with Gasteiger partial charge in [0.15, 0.2) is 0 Å². The number of primary amides is 1. The second-order valence-corrected chi connectivity index (χ2v) is 4.49. The van der Waals surface area contributed by atoms with Crippen LogP contribution in [-0.2, 0) is 0 Å². The van der Waals surface area contributed by atoms with E-state index in [-0.39, 0.29) is 0 Å². The van der Waals surface area contributed by atoms with E-state index in [0.29, 0.717) is 17.4 Å². The maximum atomic E-state index is 11.4. The molecule has 0 aliphatic carbocycles. The van der Waals surface area contributed by atoms with Crippen LogP contribution in [0.25, 0.3) is 0 Å². The highest BCUT2D eigenvalue weighted by molar-refractivity contribution is 5.97. The van der Waals surface area contributed by atoms with Gasteiger partial charge >= 0.3 is 0 Å². The number of nitrogens with zero attached hydrogens (tertiary/aromatic N) is 2. The lowest BCUT2D eigenvalue weighted by Crippen LogP contribution is -2.50. The van der Waals surface area contributed by atoms with Gasteiger partial charge in [-0.2, -0.15) is 0 Å². The number of amides is 1. The molecule has 0 unspecified atom stereocenters. The van der Waals surface area contributed by atoms with Crippen molar-refractivity contribution in [3.8, 4) is 0 Å². The Bertz CT molecular complexity index is 433. The van der Waals surface area contributed by atoms with Crippen molar-refractivity contribution in [2.45, 2.75) is 19.9 Å². The number of hydrogen-bond acceptors (Lipinski definition) is 4. The average Bonchev–Trinajstić information content (AvgIpc) is 2.28. The number of rotatable bonds is 2. The van der Waals surface area contributed by atoms with Crippen LogP contribution in [-0.4, -0.2) is 36.6 Å². The second-order valence-electron chi connectivity index (χ2n) is 4.49. The number of pyridine rings is 1. The van der Waals surface area contributed by atoms with Crippen molar-refractivity contribution in [3.05, 3.63) is 23.4 Å². The van der Waals surface area contributed by atoms with Crippen LogP contribution >= 0.6 is 0 Å². The third-order valence-corrected chi connectivity index (χ3v) is 2.95. The van der Waals surface area contributed by atoms with Crippen molar-refractivity contribution < 1.29 is 4.79 Å². The van der Waals surface area contributed by atoms with Gasteiger partial charge in [-0.05, 0) is 26.0 Å². The van der Waals surface area contributed by atoms with E-state index in [1.807, 2.05) is 13.0 Å². The van der Waals surface area contributed by atoms with Crippen molar-refractivity contribution in [3.63, 3.8) is 0 Å². The summed E-state index contributed by atoms with van der Waals surface area (Å²) in [7, 11) is 0. The highest BCUT2D eigenvalue weighted by Gasteiger charge is 2.21. The van der Waals surface area contributed by atoms with Gasteiger partial charge in [-0.3, -0.25) is 4.79 Å². The molecule has 1 atom stereocenters. The Hall–Kier alpha value is -1.62. The fraction of sp³-hybridized carbons (Fsp3) is 0.500. The van der Waals surface area contributed by atoms with E-state index in [1.54, 1.807) is 6.07 Å². The van der Waals surface area contributed by atoms with E-state index in [4.69, 9.17) is 5.73 Å². The van der Waals surface area contributed by atoms with Crippen molar-refractivity contribution in [1.29, 1.82) is 0 Å². The summed E-state index contributed by atoms with van der Waals surface area (Å²) in [5, 5.41) is 3.36. The van der Waals surface area contributed by atoms with Crippen LogP contribution in [0.2, 0.25) is 0 Å². The normalized spacial score (nSPS) is 20.4. The summed E-state index contributed by atoms with van der Waals surface area (Å²) in [6.07, 6.45) is 0. The highest BCUT2D eigenvalue weighted by atomic mass is 16.1. The molecule has 92 valence electrons. The zero-order valence-electron chi connectivity index (χ0n) is 10.2. The lowest BCUT2D eigenvalue weighted by molar-refractivity contribution is 0.100. The van der Waals surface area contributed by atoms with Crippen LogP contribution in [0.3, 0.4) is 0 Å². The second kappa shape index (κ2) is 4.71. The molecular formula is C12H18N4O. The number of nitrogens with two attached hydrogens (primary N) is 1. The molecule has 5 heteroatoms. The van der Waals surface area contributed by atoms with Crippen molar-refractivity contribution in [1.82, 2.24) is 10.3 Å². The van der Waals surface area contributed by atoms with Crippen LogP contribution in [0.5, 0.6) is 0 Å². The van der Waals surface area contributed by atoms with Gasteiger partial charge in [-0.25, -0.2) is 4.98 Å². The molecule has 1 amide bonds. The van der Waals surface area contributed by atoms with E-state index in [2.05, 4.69) is 22.1 Å². The summed E-state index contributed by atoms with van der Waals surface area (Å²) in [6, 6.07) is 3.97. The lowest BCUT2D eigenvalue weighted by atomic mass is 10.1. The Morgan fingerprint density at radius 3 is 3.00 bits per heavy atom. The van der Waals surface area contributed by atoms with Gasteiger partial charge in [0.05, 0.1) is 5.56 Å². The molecule has 1 aliphatic rings. The molecule has 17 heavy (non-hydrogen) atoms. The molecule has 1 aliphatic heterocycles. The first-order chi connectivity index (χ1) is 8.08. The SMILES string of the molecule is Cc1ccc(C(N)=O)c(N2CCN[C@@H](C)C2)n1. The third-order valence-electron chi connectivity index (χ3n) is 2.95. The number of aryl methyl sites for hydroxylation is 1. The topological polar surface area (TPSA) is 71.2 Å². The Kier molecular flexibility index (Phi) is 3.28. The van der Waals surface area contributed by atoms with Crippen molar-refractivity contribution in [2.24, 2.45) is 5.73 Å². The third kappa shape index (κ3) is 2.55. The van der Waals surface area contributed by atoms with Gasteiger partial charge in [0, 0.05) is 31.4 Å². The number of hydrogen-bond donors (Lipinski definition) is 2. The molecule has 0 bridgehead atoms. The minimum atomic E-state index is -0.418. The predicted molar refractivity (Wildman–Crippen MR) is 67.2 cm³/mol. The molecule has 1 aromatic rings. The molecule has 5 nitrogen and oxygen atoms in total. The Labute approximate surface area is 101 Å². The lowest BCUT2D eigenvalue weighted by Gasteiger charge is -2.33. The van der Waals surface area contributed by atoms with Crippen molar-refractivity contribution in [2.75, 3.05) is 24.5 Å². The number of piperazine rings is 1. The zero-order chi connectivity index (χ0) is 12.4. The number of aromatic nitrogens is 1. The van der Waals surface area contributed by atoms with Crippen LogP contribution in [0.4, 0.5) is 5.82 Å². The zero-order valence-corrected chi connectivity index (χ0v) is 10.2. The average molecular weight is 234 g/mol. The number of carbonyl (C=O) groups excluding carboxylic acids is 1. The van der Waals surface area contributed by atoms with Gasteiger partial charge in [-0.15, -0.1) is 0 Å². The fourth-order valence-corrected chi connectivity index (χ4v) is 2.10. The number of carbonyl (C=O) groups is 1. The summed E-state index contributed by atoms with van der Waals surface area (Å²) >= 11 is 0. The van der Waals surface area contributed by atoms with Gasteiger partial charge in [-0.1, -0.05) is 0 Å². The van der Waals surface area contributed by atoms with Gasteiger partial charge in [0.25, 0.3) is 5.91 Å². The first-order valence-corrected chi connectivity index (χ1v) is 5.83. The molecule has 1 saturated heterocycles. The molecule has 0 saturated carbocycles. The quantitative estimate of drug-likeness (QED) is 0.771. The Balaban J connectivity index is 2.35. The summed E-state index contributed by atoms with van der Waals surface area (Å²) in [5.41, 5.74) is 6.79. The highest BCUT2D eigenvalue weighted by Crippen LogP contribution is 2.19. The minimum Gasteiger partial charge on any atom is -0.365 e. The summed E-state index contributed by atoms with van der Waals surface area (Å²) < 4.78 is 0. The molecule has 2 heterocycles. The standard InChI is InChI=1S/C12H18N4O/c1-8-3-4-10(11(13)17)12(15-8)16-6-5-14-9(2)7-16/h3-4,9,14H,5-7H2,1-2H3,(H2,13,17)/t9-/m0/s1. The molecule has 0 radical (unpaired) electrons. The molecule has 2 rings (SSSR count). The Morgan fingerprint density at radius 2 is 2.35 bits per heavy atom. The summed E-state index contributed by atoms with van der Waals surface area (Å²) in [5.74, 6) is 0.296. The van der Waals surface area contributed by atoms with Crippen LogP contribution in [0.15, 0.2) is 12.1 Å². The van der Waals surface area contributed by atoms with Crippen LogP contribution < -0.4 is 16.0 Å². The largest absolute Gasteiger partial charge is 0.365 e. The van der Waals surface area contributed by atoms with Crippen LogP contribution in [0.1, 0.15) is 23.0 Å². The van der Waals surface area contributed by atoms with Gasteiger partial charge < -0.3 is 16.0 Å². The number of anilines is 1. The van der Waals surface area contributed by atoms with E-state index < -0.39 is 5.91 Å². The molecule has 1 fully saturated rings. The smallest absolute Gasteiger partial charge is 0.252 e. The fourth-order valence-electron chi connectivity index (χ4n) is 2.10. The molecular weight excluding hydrogens is 216 g/mol. The monoisotopic (exact) mass is 234 g/mol. The molecule has 0 aromatic carbocycles. The van der Waals surface area contributed by atoms with E-state index >= 15 is 0 Å². The first kappa shape index (κ1) is 11.9. The van der Waals surface area contributed by atoms with Gasteiger partial charge in [0.2, 0.25) is 0 Å². The summed E-state index contributed by atoms with van der Waals surface area (Å²) in [6.45, 7) is 6.62. The predicted octanol–water partition coefficient (Wildman–Crippen LogP) is 0.287. The molecule has 0 spiro atoms. The summed E-state index contributed by atoms with van der Waals surface area (Å²) in [4.78, 5) is 18.0. The first-order valence-electron chi connectivity index (χ1n) is 5.83. The maximum absolute atomic E-state index is 11.4. The van der Waals surface area contributed by atoms with Crippen molar-refractivity contribution >= 4 is 11.7 Å². The number of nitrogens with one attached hydrogen (secondary N) is 1. The maximum Gasteiger partial charge on any atom is 0.252 e. The van der Waals surface area contributed by atoms with E-state index in [9.17, 15) is 4.79 Å². The van der Waals surface area contributed by atoms with E-state index in [0.717, 1.165) is 25.3 Å². The Morgan fingerprint density at radius 1 is 1.59 bits per heavy atom. The molecule has 1 aromatic heterocycles. The molecule has 3 N–H and O–H groups in total. The minimum absolute atomic E-state index is 0.395.